The number of hydrogen-bond donors (Lipinski definition) is 2. The average molecular weight is 436 g/mol. The van der Waals surface area contributed by atoms with E-state index >= 15 is 0 Å². The molecule has 0 saturated carbocycles. The predicted molar refractivity (Wildman–Crippen MR) is 112 cm³/mol. The first kappa shape index (κ1) is 20.3. The second-order valence-electron chi connectivity index (χ2n) is 6.00. The predicted octanol–water partition coefficient (Wildman–Crippen LogP) is 4.56. The minimum atomic E-state index is -3.70. The van der Waals surface area contributed by atoms with Gasteiger partial charge in [-0.25, -0.2) is 13.4 Å². The third-order valence-corrected chi connectivity index (χ3v) is 6.31. The van der Waals surface area contributed by atoms with Crippen molar-refractivity contribution in [2.45, 2.75) is 24.2 Å². The molecule has 9 heteroatoms. The van der Waals surface area contributed by atoms with Gasteiger partial charge in [0.2, 0.25) is 5.91 Å². The van der Waals surface area contributed by atoms with Crippen molar-refractivity contribution in [3.8, 4) is 0 Å². The molecule has 0 fully saturated rings. The second kappa shape index (κ2) is 9.18. The van der Waals surface area contributed by atoms with E-state index in [1.54, 1.807) is 17.5 Å². The van der Waals surface area contributed by atoms with E-state index in [0.29, 0.717) is 28.7 Å². The van der Waals surface area contributed by atoms with Crippen LogP contribution in [0.5, 0.6) is 0 Å². The first-order valence-electron chi connectivity index (χ1n) is 8.49. The van der Waals surface area contributed by atoms with Crippen LogP contribution in [0.1, 0.15) is 18.4 Å². The molecule has 0 aliphatic carbocycles. The maximum Gasteiger partial charge on any atom is 0.263 e. The molecule has 1 amide bonds. The minimum absolute atomic E-state index is 0.100. The maximum atomic E-state index is 12.3. The van der Waals surface area contributed by atoms with Crippen LogP contribution in [0.2, 0.25) is 5.02 Å². The standard InChI is InChI=1S/C19H18ClN3O3S2/c20-15-6-4-14(5-7-15)2-1-3-18(24)22-16-8-10-17(11-9-16)28(25,26)23-19-21-12-13-27-19/h4-13H,1-3H2,(H,21,23)(H,22,24). The molecular weight excluding hydrogens is 418 g/mol. The monoisotopic (exact) mass is 435 g/mol. The molecule has 0 saturated heterocycles. The highest BCUT2D eigenvalue weighted by atomic mass is 35.5. The lowest BCUT2D eigenvalue weighted by atomic mass is 10.1. The molecule has 3 aromatic rings. The van der Waals surface area contributed by atoms with Crippen molar-refractivity contribution in [3.63, 3.8) is 0 Å². The van der Waals surface area contributed by atoms with Crippen molar-refractivity contribution in [2.75, 3.05) is 10.0 Å². The third kappa shape index (κ3) is 5.79. The summed E-state index contributed by atoms with van der Waals surface area (Å²) in [4.78, 5) is 16.1. The van der Waals surface area contributed by atoms with E-state index in [0.717, 1.165) is 12.0 Å². The van der Waals surface area contributed by atoms with Crippen LogP contribution in [0.15, 0.2) is 65.0 Å². The summed E-state index contributed by atoms with van der Waals surface area (Å²) in [6.07, 6.45) is 3.38. The first-order valence-corrected chi connectivity index (χ1v) is 11.2. The number of hydrogen-bond acceptors (Lipinski definition) is 5. The molecule has 0 unspecified atom stereocenters. The zero-order valence-corrected chi connectivity index (χ0v) is 17.2. The van der Waals surface area contributed by atoms with Crippen molar-refractivity contribution in [3.05, 3.63) is 70.7 Å². The van der Waals surface area contributed by atoms with Gasteiger partial charge in [0.05, 0.1) is 4.90 Å². The van der Waals surface area contributed by atoms with Gasteiger partial charge in [0, 0.05) is 28.7 Å². The average Bonchev–Trinajstić information content (AvgIpc) is 3.16. The van der Waals surface area contributed by atoms with Gasteiger partial charge < -0.3 is 5.32 Å². The van der Waals surface area contributed by atoms with E-state index in [1.807, 2.05) is 24.3 Å². The molecule has 1 aromatic heterocycles. The summed E-state index contributed by atoms with van der Waals surface area (Å²) in [6, 6.07) is 13.6. The van der Waals surface area contributed by atoms with E-state index in [1.165, 1.54) is 29.7 Å². The topological polar surface area (TPSA) is 88.2 Å². The molecule has 0 radical (unpaired) electrons. The van der Waals surface area contributed by atoms with Crippen LogP contribution in [0.4, 0.5) is 10.8 Å². The second-order valence-corrected chi connectivity index (χ2v) is 9.01. The van der Waals surface area contributed by atoms with Gasteiger partial charge in [-0.05, 0) is 54.8 Å². The Morgan fingerprint density at radius 2 is 1.79 bits per heavy atom. The van der Waals surface area contributed by atoms with Crippen LogP contribution in [-0.2, 0) is 21.2 Å². The van der Waals surface area contributed by atoms with Crippen molar-refractivity contribution in [1.82, 2.24) is 4.98 Å². The smallest absolute Gasteiger partial charge is 0.263 e. The number of halogens is 1. The molecule has 2 aromatic carbocycles. The Kier molecular flexibility index (Phi) is 6.66. The molecule has 146 valence electrons. The lowest BCUT2D eigenvalue weighted by Gasteiger charge is -2.08. The number of aryl methyl sites for hydroxylation is 1. The highest BCUT2D eigenvalue weighted by Gasteiger charge is 2.15. The van der Waals surface area contributed by atoms with Crippen LogP contribution < -0.4 is 10.0 Å². The Bertz CT molecular complexity index is 1020. The number of benzene rings is 2. The summed E-state index contributed by atoms with van der Waals surface area (Å²) < 4.78 is 27.0. The van der Waals surface area contributed by atoms with E-state index in [-0.39, 0.29) is 10.8 Å². The van der Waals surface area contributed by atoms with Gasteiger partial charge in [-0.2, -0.15) is 0 Å². The Morgan fingerprint density at radius 3 is 2.43 bits per heavy atom. The fourth-order valence-corrected chi connectivity index (χ4v) is 4.41. The summed E-state index contributed by atoms with van der Waals surface area (Å²) in [5.74, 6) is -0.120. The SMILES string of the molecule is O=C(CCCc1ccc(Cl)cc1)Nc1ccc(S(=O)(=O)Nc2nccs2)cc1. The third-order valence-electron chi connectivity index (χ3n) is 3.88. The number of aromatic nitrogens is 1. The van der Waals surface area contributed by atoms with E-state index in [4.69, 9.17) is 11.6 Å². The first-order chi connectivity index (χ1) is 13.4. The molecule has 0 spiro atoms. The number of amides is 1. The highest BCUT2D eigenvalue weighted by molar-refractivity contribution is 7.93. The van der Waals surface area contributed by atoms with E-state index < -0.39 is 10.0 Å². The van der Waals surface area contributed by atoms with Gasteiger partial charge in [0.15, 0.2) is 5.13 Å². The zero-order valence-electron chi connectivity index (χ0n) is 14.8. The molecule has 0 aliphatic heterocycles. The number of sulfonamides is 1. The van der Waals surface area contributed by atoms with Gasteiger partial charge in [-0.1, -0.05) is 23.7 Å². The van der Waals surface area contributed by atoms with Crippen molar-refractivity contribution in [1.29, 1.82) is 0 Å². The largest absolute Gasteiger partial charge is 0.326 e. The van der Waals surface area contributed by atoms with Crippen LogP contribution in [0, 0.1) is 0 Å². The molecule has 0 aliphatic rings. The number of rotatable bonds is 8. The molecule has 0 atom stereocenters. The Morgan fingerprint density at radius 1 is 1.07 bits per heavy atom. The molecule has 1 heterocycles. The van der Waals surface area contributed by atoms with Crippen LogP contribution >= 0.6 is 22.9 Å². The Labute approximate surface area is 172 Å². The lowest BCUT2D eigenvalue weighted by molar-refractivity contribution is -0.116. The quantitative estimate of drug-likeness (QED) is 0.543. The van der Waals surface area contributed by atoms with E-state index in [9.17, 15) is 13.2 Å². The van der Waals surface area contributed by atoms with Gasteiger partial charge in [-0.3, -0.25) is 9.52 Å². The number of carbonyl (C=O) groups excluding carboxylic acids is 1. The minimum Gasteiger partial charge on any atom is -0.326 e. The molecular formula is C19H18ClN3O3S2. The Balaban J connectivity index is 1.50. The number of anilines is 2. The summed E-state index contributed by atoms with van der Waals surface area (Å²) in [7, 11) is -3.70. The van der Waals surface area contributed by atoms with E-state index in [2.05, 4.69) is 15.0 Å². The fraction of sp³-hybridized carbons (Fsp3) is 0.158. The molecule has 2 N–H and O–H groups in total. The van der Waals surface area contributed by atoms with Crippen molar-refractivity contribution >= 4 is 49.7 Å². The van der Waals surface area contributed by atoms with Gasteiger partial charge in [0.25, 0.3) is 10.0 Å². The van der Waals surface area contributed by atoms with Gasteiger partial charge in [0.1, 0.15) is 0 Å². The van der Waals surface area contributed by atoms with Crippen molar-refractivity contribution < 1.29 is 13.2 Å². The fourth-order valence-electron chi connectivity index (χ4n) is 2.49. The maximum absolute atomic E-state index is 12.3. The summed E-state index contributed by atoms with van der Waals surface area (Å²) >= 11 is 7.05. The van der Waals surface area contributed by atoms with Crippen LogP contribution in [0.25, 0.3) is 0 Å². The lowest BCUT2D eigenvalue weighted by Crippen LogP contribution is -2.14. The molecule has 28 heavy (non-hydrogen) atoms. The Hall–Kier alpha value is -2.42. The number of nitrogens with one attached hydrogen (secondary N) is 2. The van der Waals surface area contributed by atoms with Crippen LogP contribution in [0.3, 0.4) is 0 Å². The molecule has 3 rings (SSSR count). The van der Waals surface area contributed by atoms with Crippen LogP contribution in [-0.4, -0.2) is 19.3 Å². The number of thiazole rings is 1. The summed E-state index contributed by atoms with van der Waals surface area (Å²) in [5.41, 5.74) is 1.67. The highest BCUT2D eigenvalue weighted by Crippen LogP contribution is 2.20. The van der Waals surface area contributed by atoms with Gasteiger partial charge in [-0.15, -0.1) is 11.3 Å². The summed E-state index contributed by atoms with van der Waals surface area (Å²) in [5, 5.41) is 5.45. The number of nitrogens with zero attached hydrogens (tertiary/aromatic N) is 1. The van der Waals surface area contributed by atoms with Crippen molar-refractivity contribution in [2.24, 2.45) is 0 Å². The normalized spacial score (nSPS) is 11.2. The molecule has 0 bridgehead atoms. The number of carbonyl (C=O) groups is 1. The molecule has 6 nitrogen and oxygen atoms in total. The zero-order chi connectivity index (χ0) is 20.0. The summed E-state index contributed by atoms with van der Waals surface area (Å²) in [6.45, 7) is 0. The van der Waals surface area contributed by atoms with Gasteiger partial charge >= 0.3 is 0 Å².